The number of Topliss-reactive ketones (excluding diaryl/α,β-unsaturated/α-hetero) is 2. The lowest BCUT2D eigenvalue weighted by molar-refractivity contribution is -0.127. The number of allylic oxidation sites excluding steroid dienone is 9. The van der Waals surface area contributed by atoms with Gasteiger partial charge in [-0.1, -0.05) is 83.1 Å². The van der Waals surface area contributed by atoms with Crippen LogP contribution in [0.25, 0.3) is 0 Å². The van der Waals surface area contributed by atoms with Gasteiger partial charge in [0, 0.05) is 42.1 Å². The van der Waals surface area contributed by atoms with Gasteiger partial charge in [-0.15, -0.1) is 0 Å². The Morgan fingerprint density at radius 3 is 1.15 bits per heavy atom. The lowest BCUT2D eigenvalue weighted by atomic mass is 9.71. The average molecular weight is 647 g/mol. The Morgan fingerprint density at radius 2 is 0.915 bits per heavy atom. The summed E-state index contributed by atoms with van der Waals surface area (Å²) in [6, 6.07) is 0. The van der Waals surface area contributed by atoms with Crippen LogP contribution in [0.1, 0.15) is 103 Å². The molecule has 0 atom stereocenters. The van der Waals surface area contributed by atoms with Gasteiger partial charge in [-0.25, -0.2) is 10.0 Å². The van der Waals surface area contributed by atoms with Gasteiger partial charge in [0.05, 0.1) is 17.7 Å². The van der Waals surface area contributed by atoms with E-state index in [2.05, 4.69) is 10.2 Å². The second-order valence-electron chi connectivity index (χ2n) is 16.6. The third kappa shape index (κ3) is 9.52. The molecule has 4 aliphatic rings. The van der Waals surface area contributed by atoms with E-state index in [1.165, 1.54) is 22.2 Å². The van der Waals surface area contributed by atoms with Crippen LogP contribution in [-0.2, 0) is 24.0 Å². The molecule has 0 aromatic heterocycles. The number of nitrogens with zero attached hydrogens (tertiary/aromatic N) is 4. The van der Waals surface area contributed by atoms with Gasteiger partial charge in [-0.05, 0) is 65.4 Å². The Hall–Kier alpha value is -4.01. The maximum atomic E-state index is 12.9. The first-order valence-corrected chi connectivity index (χ1v) is 16.0. The fraction of sp³-hybridized carbons (Fsp3) is 0.553. The SMILES string of the molecule is CC(C)(C)C1=CC(=O)C=C(C(C)(C)C)C1=O.CC1=NN(C)C(=O)C1.CC1=NN(C)C(=O)C1=C1C=C(C(C)(C)C)C(=O)C(C(C)(C)C)=C1. The molecule has 0 saturated heterocycles. The normalized spacial score (nSPS) is 19.4. The maximum Gasteiger partial charge on any atom is 0.276 e. The molecule has 0 radical (unpaired) electrons. The molecular formula is C38H54N4O5. The van der Waals surface area contributed by atoms with Gasteiger partial charge in [0.1, 0.15) is 0 Å². The minimum Gasteiger partial charge on any atom is -0.290 e. The molecule has 256 valence electrons. The zero-order valence-electron chi connectivity index (χ0n) is 31.3. The molecule has 0 unspecified atom stereocenters. The van der Waals surface area contributed by atoms with E-state index in [0.717, 1.165) is 22.4 Å². The van der Waals surface area contributed by atoms with E-state index < -0.39 is 0 Å². The largest absolute Gasteiger partial charge is 0.290 e. The van der Waals surface area contributed by atoms with Crippen molar-refractivity contribution in [2.45, 2.75) is 103 Å². The van der Waals surface area contributed by atoms with Gasteiger partial charge in [0.25, 0.3) is 5.91 Å². The molecule has 2 amide bonds. The molecule has 4 rings (SSSR count). The summed E-state index contributed by atoms with van der Waals surface area (Å²) < 4.78 is 0. The van der Waals surface area contributed by atoms with E-state index in [1.54, 1.807) is 14.1 Å². The van der Waals surface area contributed by atoms with Crippen molar-refractivity contribution in [3.05, 3.63) is 57.7 Å². The molecule has 0 spiro atoms. The Balaban J connectivity index is 0.000000275. The van der Waals surface area contributed by atoms with Crippen LogP contribution in [0.5, 0.6) is 0 Å². The quantitative estimate of drug-likeness (QED) is 0.208. The van der Waals surface area contributed by atoms with Crippen molar-refractivity contribution in [3.8, 4) is 0 Å². The number of hydrogen-bond donors (Lipinski definition) is 0. The molecule has 0 fully saturated rings. The highest BCUT2D eigenvalue weighted by molar-refractivity contribution is 6.26. The van der Waals surface area contributed by atoms with Gasteiger partial charge >= 0.3 is 0 Å². The zero-order chi connectivity index (χ0) is 36.6. The van der Waals surface area contributed by atoms with Crippen LogP contribution in [0.15, 0.2) is 67.9 Å². The van der Waals surface area contributed by atoms with E-state index >= 15 is 0 Å². The lowest BCUT2D eigenvalue weighted by Gasteiger charge is -2.31. The lowest BCUT2D eigenvalue weighted by Crippen LogP contribution is -2.29. The van der Waals surface area contributed by atoms with Crippen LogP contribution >= 0.6 is 0 Å². The molecule has 0 bridgehead atoms. The molecule has 2 aliphatic carbocycles. The van der Waals surface area contributed by atoms with E-state index in [0.29, 0.717) is 28.9 Å². The Bertz CT molecular complexity index is 1530. The standard InChI is InChI=1S/C19H26N2O2.C14H20O2.C5H8N2O/c1-11-15(17(23)21(8)20-11)12-9-13(18(2,3)4)16(22)14(10-12)19(5,6)7;1-13(2,3)10-7-9(15)8-11(12(10)16)14(4,5)6;1-4-3-5(8)7(2)6-4/h9-10H,1-8H3;7-8H,1-6H3;3H2,1-2H3. The second-order valence-corrected chi connectivity index (χ2v) is 16.6. The van der Waals surface area contributed by atoms with E-state index in [9.17, 15) is 24.0 Å². The maximum absolute atomic E-state index is 12.9. The minimum absolute atomic E-state index is 0.0135. The molecule has 9 nitrogen and oxygen atoms in total. The third-order valence-corrected chi connectivity index (χ3v) is 7.93. The average Bonchev–Trinajstić information content (AvgIpc) is 3.32. The summed E-state index contributed by atoms with van der Waals surface area (Å²) in [6.07, 6.45) is 7.16. The Morgan fingerprint density at radius 1 is 0.553 bits per heavy atom. The number of amides is 2. The number of likely N-dealkylation sites (N-methyl/N-ethyl adjacent to an activating group) is 1. The van der Waals surface area contributed by atoms with Gasteiger partial charge in [0.15, 0.2) is 17.3 Å². The molecule has 2 heterocycles. The van der Waals surface area contributed by atoms with Crippen LogP contribution < -0.4 is 0 Å². The molecule has 2 aliphatic heterocycles. The van der Waals surface area contributed by atoms with Gasteiger partial charge in [0.2, 0.25) is 5.91 Å². The zero-order valence-corrected chi connectivity index (χ0v) is 31.3. The minimum atomic E-state index is -0.285. The van der Waals surface area contributed by atoms with Crippen molar-refractivity contribution in [3.63, 3.8) is 0 Å². The summed E-state index contributed by atoms with van der Waals surface area (Å²) in [6.45, 7) is 27.5. The molecule has 0 aromatic carbocycles. The summed E-state index contributed by atoms with van der Waals surface area (Å²) >= 11 is 0. The Labute approximate surface area is 281 Å². The number of ketones is 3. The van der Waals surface area contributed by atoms with Crippen LogP contribution in [-0.4, -0.2) is 64.7 Å². The van der Waals surface area contributed by atoms with Gasteiger partial charge in [-0.3, -0.25) is 24.0 Å². The van der Waals surface area contributed by atoms with Crippen molar-refractivity contribution in [1.82, 2.24) is 10.0 Å². The fourth-order valence-corrected chi connectivity index (χ4v) is 5.25. The molecule has 9 heteroatoms. The topological polar surface area (TPSA) is 117 Å². The summed E-state index contributed by atoms with van der Waals surface area (Å²) in [7, 11) is 3.31. The number of carbonyl (C=O) groups excluding carboxylic acids is 5. The predicted octanol–water partition coefficient (Wildman–Crippen LogP) is 6.97. The van der Waals surface area contributed by atoms with E-state index in [-0.39, 0.29) is 50.8 Å². The number of carbonyl (C=O) groups is 5. The number of hydrogen-bond acceptors (Lipinski definition) is 7. The first-order valence-electron chi connectivity index (χ1n) is 16.0. The van der Waals surface area contributed by atoms with Gasteiger partial charge in [-0.2, -0.15) is 10.2 Å². The van der Waals surface area contributed by atoms with Crippen molar-refractivity contribution in [2.24, 2.45) is 31.9 Å². The van der Waals surface area contributed by atoms with Crippen LogP contribution in [0, 0.1) is 21.7 Å². The van der Waals surface area contributed by atoms with Crippen molar-refractivity contribution in [2.75, 3.05) is 14.1 Å². The fourth-order valence-electron chi connectivity index (χ4n) is 5.25. The number of hydrazone groups is 2. The van der Waals surface area contributed by atoms with E-state index in [1.807, 2.05) is 109 Å². The van der Waals surface area contributed by atoms with Crippen LogP contribution in [0.3, 0.4) is 0 Å². The Kier molecular flexibility index (Phi) is 11.3. The summed E-state index contributed by atoms with van der Waals surface area (Å²) in [4.78, 5) is 59.8. The third-order valence-electron chi connectivity index (χ3n) is 7.93. The molecule has 0 saturated carbocycles. The molecule has 47 heavy (non-hydrogen) atoms. The first-order chi connectivity index (χ1) is 21.1. The molecule has 0 aromatic rings. The summed E-state index contributed by atoms with van der Waals surface area (Å²) in [5.74, 6) is -0.0276. The molecule has 0 N–H and O–H groups in total. The van der Waals surface area contributed by atoms with Gasteiger partial charge < -0.3 is 0 Å². The highest BCUT2D eigenvalue weighted by Crippen LogP contribution is 2.40. The highest BCUT2D eigenvalue weighted by atomic mass is 16.2. The van der Waals surface area contributed by atoms with Crippen LogP contribution in [0.2, 0.25) is 0 Å². The van der Waals surface area contributed by atoms with Crippen LogP contribution in [0.4, 0.5) is 0 Å². The van der Waals surface area contributed by atoms with Crippen molar-refractivity contribution >= 4 is 40.6 Å². The smallest absolute Gasteiger partial charge is 0.276 e. The van der Waals surface area contributed by atoms with Crippen molar-refractivity contribution < 1.29 is 24.0 Å². The van der Waals surface area contributed by atoms with E-state index in [4.69, 9.17) is 0 Å². The second kappa shape index (κ2) is 13.6. The molecular weight excluding hydrogens is 592 g/mol. The first kappa shape index (κ1) is 39.2. The summed E-state index contributed by atoms with van der Waals surface area (Å²) in [5.41, 5.74) is 4.54. The highest BCUT2D eigenvalue weighted by Gasteiger charge is 2.37. The monoisotopic (exact) mass is 646 g/mol. The number of rotatable bonds is 0. The van der Waals surface area contributed by atoms with Crippen molar-refractivity contribution in [1.29, 1.82) is 0 Å². The predicted molar refractivity (Wildman–Crippen MR) is 189 cm³/mol. The summed E-state index contributed by atoms with van der Waals surface area (Å²) in [5, 5.41) is 10.8.